The Labute approximate surface area is 94.3 Å². The van der Waals surface area contributed by atoms with Crippen LogP contribution in [0.4, 0.5) is 0 Å². The van der Waals surface area contributed by atoms with Crippen molar-refractivity contribution in [3.8, 4) is 0 Å². The van der Waals surface area contributed by atoms with Gasteiger partial charge >= 0.3 is 0 Å². The number of hydrogen-bond donors (Lipinski definition) is 0. The van der Waals surface area contributed by atoms with E-state index in [0.29, 0.717) is 13.1 Å². The molecule has 0 N–H and O–H groups in total. The number of rotatable bonds is 3. The van der Waals surface area contributed by atoms with Crippen molar-refractivity contribution in [1.82, 2.24) is 19.3 Å². The van der Waals surface area contributed by atoms with Gasteiger partial charge in [0.2, 0.25) is 10.0 Å². The zero-order valence-electron chi connectivity index (χ0n) is 8.86. The van der Waals surface area contributed by atoms with E-state index in [-0.39, 0.29) is 11.3 Å². The lowest BCUT2D eigenvalue weighted by molar-refractivity contribution is 0.428. The van der Waals surface area contributed by atoms with Gasteiger partial charge in [-0.2, -0.15) is 4.31 Å². The third-order valence-electron chi connectivity index (χ3n) is 3.25. The molecule has 88 valence electrons. The van der Waals surface area contributed by atoms with Crippen LogP contribution in [0.25, 0.3) is 0 Å². The Kier molecular flexibility index (Phi) is 2.25. The summed E-state index contributed by atoms with van der Waals surface area (Å²) in [6, 6.07) is 0.149. The van der Waals surface area contributed by atoms with Gasteiger partial charge < -0.3 is 0 Å². The lowest BCUT2D eigenvalue weighted by atomic mass is 10.3. The topological polar surface area (TPSA) is 68.1 Å². The first-order chi connectivity index (χ1) is 7.68. The van der Waals surface area contributed by atoms with Crippen molar-refractivity contribution in [2.24, 2.45) is 0 Å². The molecule has 3 rings (SSSR count). The number of sulfonamides is 1. The van der Waals surface area contributed by atoms with Gasteiger partial charge in [-0.15, -0.1) is 5.10 Å². The molecule has 1 aliphatic heterocycles. The van der Waals surface area contributed by atoms with Crippen molar-refractivity contribution in [2.45, 2.75) is 30.6 Å². The molecule has 16 heavy (non-hydrogen) atoms. The second kappa shape index (κ2) is 3.53. The fraction of sp³-hybridized carbons (Fsp3) is 0.778. The van der Waals surface area contributed by atoms with Crippen LogP contribution in [0, 0.1) is 0 Å². The van der Waals surface area contributed by atoms with Gasteiger partial charge in [0, 0.05) is 19.3 Å². The van der Waals surface area contributed by atoms with Crippen LogP contribution in [0.2, 0.25) is 0 Å². The first-order valence-corrected chi connectivity index (χ1v) is 7.03. The minimum absolute atomic E-state index is 0.109. The van der Waals surface area contributed by atoms with E-state index in [4.69, 9.17) is 0 Å². The third kappa shape index (κ3) is 1.63. The number of hydrogen-bond acceptors (Lipinski definition) is 4. The molecule has 2 aliphatic rings. The highest BCUT2D eigenvalue weighted by molar-refractivity contribution is 7.90. The Morgan fingerprint density at radius 2 is 2.06 bits per heavy atom. The van der Waals surface area contributed by atoms with Crippen LogP contribution in [-0.2, 0) is 10.0 Å². The summed E-state index contributed by atoms with van der Waals surface area (Å²) in [7, 11) is -3.02. The molecule has 0 unspecified atom stereocenters. The van der Waals surface area contributed by atoms with Crippen molar-refractivity contribution < 1.29 is 8.42 Å². The van der Waals surface area contributed by atoms with Gasteiger partial charge in [0.1, 0.15) is 0 Å². The van der Waals surface area contributed by atoms with Crippen LogP contribution in [-0.4, -0.2) is 46.1 Å². The monoisotopic (exact) mass is 242 g/mol. The van der Waals surface area contributed by atoms with Gasteiger partial charge in [0.25, 0.3) is 0 Å². The van der Waals surface area contributed by atoms with Crippen LogP contribution < -0.4 is 0 Å². The minimum atomic E-state index is -3.02. The molecule has 2 heterocycles. The van der Waals surface area contributed by atoms with Crippen molar-refractivity contribution in [2.75, 3.05) is 13.1 Å². The second-order valence-corrected chi connectivity index (χ2v) is 6.64. The normalized spacial score (nSPS) is 27.4. The predicted molar refractivity (Wildman–Crippen MR) is 57.2 cm³/mol. The molecule has 0 bridgehead atoms. The molecule has 0 spiro atoms. The molecule has 1 saturated heterocycles. The fourth-order valence-corrected chi connectivity index (χ4v) is 4.04. The number of aromatic nitrogens is 3. The standard InChI is InChI=1S/C9H14N4O2S/c14-16(15,9-1-2-9)12-5-3-8(7-12)13-6-4-10-11-13/h4,6,8-9H,1-3,5,7H2/t8-/m0/s1. The second-order valence-electron chi connectivity index (χ2n) is 4.43. The van der Waals surface area contributed by atoms with Crippen molar-refractivity contribution >= 4 is 10.0 Å². The van der Waals surface area contributed by atoms with Crippen molar-refractivity contribution in [3.05, 3.63) is 12.4 Å². The van der Waals surface area contributed by atoms with Crippen LogP contribution in [0.15, 0.2) is 12.4 Å². The Morgan fingerprint density at radius 3 is 2.69 bits per heavy atom. The van der Waals surface area contributed by atoms with Crippen molar-refractivity contribution in [3.63, 3.8) is 0 Å². The highest BCUT2D eigenvalue weighted by Crippen LogP contribution is 2.34. The van der Waals surface area contributed by atoms with Gasteiger partial charge in [0.15, 0.2) is 0 Å². The summed E-state index contributed by atoms with van der Waals surface area (Å²) >= 11 is 0. The molecule has 2 fully saturated rings. The first-order valence-electron chi connectivity index (χ1n) is 5.52. The molecule has 0 aromatic carbocycles. The SMILES string of the molecule is O=S(=O)(C1CC1)N1CC[C@H](n2ccnn2)C1. The molecule has 1 aromatic rings. The smallest absolute Gasteiger partial charge is 0.217 e. The van der Waals surface area contributed by atoms with Crippen LogP contribution in [0.1, 0.15) is 25.3 Å². The molecule has 1 saturated carbocycles. The Balaban J connectivity index is 1.74. The van der Waals surface area contributed by atoms with E-state index in [2.05, 4.69) is 10.3 Å². The zero-order valence-corrected chi connectivity index (χ0v) is 9.68. The van der Waals surface area contributed by atoms with Crippen LogP contribution in [0.5, 0.6) is 0 Å². The van der Waals surface area contributed by atoms with E-state index in [1.807, 2.05) is 0 Å². The lowest BCUT2D eigenvalue weighted by Gasteiger charge is -2.15. The third-order valence-corrected chi connectivity index (χ3v) is 5.61. The average molecular weight is 242 g/mol. The minimum Gasteiger partial charge on any atom is -0.248 e. The molecule has 1 aliphatic carbocycles. The Bertz CT molecular complexity index is 466. The summed E-state index contributed by atoms with van der Waals surface area (Å²) in [5.74, 6) is 0. The molecule has 7 heteroatoms. The predicted octanol–water partition coefficient (Wildman–Crippen LogP) is 0.0171. The van der Waals surface area contributed by atoms with E-state index in [1.54, 1.807) is 21.4 Å². The molecule has 6 nitrogen and oxygen atoms in total. The fourth-order valence-electron chi connectivity index (χ4n) is 2.15. The van der Waals surface area contributed by atoms with Gasteiger partial charge in [-0.3, -0.25) is 0 Å². The highest BCUT2D eigenvalue weighted by atomic mass is 32.2. The van der Waals surface area contributed by atoms with E-state index in [9.17, 15) is 8.42 Å². The first kappa shape index (κ1) is 10.2. The lowest BCUT2D eigenvalue weighted by Crippen LogP contribution is -2.32. The maximum Gasteiger partial charge on any atom is 0.217 e. The van der Waals surface area contributed by atoms with E-state index < -0.39 is 10.0 Å². The van der Waals surface area contributed by atoms with Gasteiger partial charge in [0.05, 0.1) is 17.5 Å². The summed E-state index contributed by atoms with van der Waals surface area (Å²) in [6.07, 6.45) is 5.89. The van der Waals surface area contributed by atoms with Gasteiger partial charge in [-0.25, -0.2) is 13.1 Å². The molecule has 1 aromatic heterocycles. The van der Waals surface area contributed by atoms with Gasteiger partial charge in [-0.05, 0) is 19.3 Å². The maximum atomic E-state index is 12.0. The zero-order chi connectivity index (χ0) is 11.2. The summed E-state index contributed by atoms with van der Waals surface area (Å²) < 4.78 is 27.3. The van der Waals surface area contributed by atoms with Gasteiger partial charge in [-0.1, -0.05) is 5.21 Å². The van der Waals surface area contributed by atoms with Crippen molar-refractivity contribution in [1.29, 1.82) is 0 Å². The van der Waals surface area contributed by atoms with Crippen LogP contribution in [0.3, 0.4) is 0 Å². The van der Waals surface area contributed by atoms with Crippen LogP contribution >= 0.6 is 0 Å². The Morgan fingerprint density at radius 1 is 1.25 bits per heavy atom. The quantitative estimate of drug-likeness (QED) is 0.749. The average Bonchev–Trinajstić information content (AvgIpc) is 2.82. The van der Waals surface area contributed by atoms with E-state index >= 15 is 0 Å². The molecule has 1 atom stereocenters. The summed E-state index contributed by atoms with van der Waals surface area (Å²) in [6.45, 7) is 1.16. The molecule has 0 amide bonds. The summed E-state index contributed by atoms with van der Waals surface area (Å²) in [4.78, 5) is 0. The largest absolute Gasteiger partial charge is 0.248 e. The summed E-state index contributed by atoms with van der Waals surface area (Å²) in [5.41, 5.74) is 0. The van der Waals surface area contributed by atoms with E-state index in [1.165, 1.54) is 0 Å². The molecular formula is C9H14N4O2S. The summed E-state index contributed by atoms with van der Waals surface area (Å²) in [5, 5.41) is 7.56. The van der Waals surface area contributed by atoms with E-state index in [0.717, 1.165) is 19.3 Å². The number of nitrogens with zero attached hydrogens (tertiary/aromatic N) is 4. The molecular weight excluding hydrogens is 228 g/mol. The highest BCUT2D eigenvalue weighted by Gasteiger charge is 2.43. The maximum absolute atomic E-state index is 12.0. The Hall–Kier alpha value is -0.950. The molecule has 0 radical (unpaired) electrons.